The van der Waals surface area contributed by atoms with Crippen molar-refractivity contribution in [3.63, 3.8) is 0 Å². The standard InChI is InChI=1S/C11H14N4O/c12-8-10-13-4-7-15(10)9-11(16)14-5-2-1-3-6-14/h4,7H,1-3,5-6,9H2. The smallest absolute Gasteiger partial charge is 0.242 e. The van der Waals surface area contributed by atoms with E-state index in [-0.39, 0.29) is 12.5 Å². The van der Waals surface area contributed by atoms with Crippen LogP contribution in [-0.4, -0.2) is 33.4 Å². The van der Waals surface area contributed by atoms with Crippen molar-refractivity contribution < 1.29 is 4.79 Å². The van der Waals surface area contributed by atoms with Gasteiger partial charge in [-0.25, -0.2) is 4.98 Å². The number of likely N-dealkylation sites (tertiary alicyclic amines) is 1. The van der Waals surface area contributed by atoms with E-state index >= 15 is 0 Å². The van der Waals surface area contributed by atoms with Crippen LogP contribution in [-0.2, 0) is 11.3 Å². The largest absolute Gasteiger partial charge is 0.341 e. The molecule has 1 aromatic heterocycles. The fraction of sp³-hybridized carbons (Fsp3) is 0.545. The second kappa shape index (κ2) is 4.79. The van der Waals surface area contributed by atoms with E-state index in [2.05, 4.69) is 4.98 Å². The molecule has 0 aliphatic carbocycles. The number of aromatic nitrogens is 2. The van der Waals surface area contributed by atoms with Gasteiger partial charge in [-0.2, -0.15) is 5.26 Å². The Morgan fingerprint density at radius 3 is 2.88 bits per heavy atom. The lowest BCUT2D eigenvalue weighted by atomic mass is 10.1. The zero-order chi connectivity index (χ0) is 11.4. The van der Waals surface area contributed by atoms with Crippen LogP contribution in [0.2, 0.25) is 0 Å². The lowest BCUT2D eigenvalue weighted by molar-refractivity contribution is -0.132. The highest BCUT2D eigenvalue weighted by Crippen LogP contribution is 2.09. The molecule has 0 radical (unpaired) electrons. The van der Waals surface area contributed by atoms with Gasteiger partial charge in [-0.1, -0.05) is 0 Å². The predicted octanol–water partition coefficient (Wildman–Crippen LogP) is 0.767. The molecule has 0 bridgehead atoms. The Balaban J connectivity index is 1.99. The molecule has 1 aliphatic rings. The summed E-state index contributed by atoms with van der Waals surface area (Å²) in [7, 11) is 0. The SMILES string of the molecule is N#Cc1nccn1CC(=O)N1CCCCC1. The van der Waals surface area contributed by atoms with Crippen molar-refractivity contribution in [1.82, 2.24) is 14.5 Å². The molecule has 1 aliphatic heterocycles. The molecule has 2 heterocycles. The molecule has 1 saturated heterocycles. The minimum atomic E-state index is 0.0780. The first-order chi connectivity index (χ1) is 7.81. The van der Waals surface area contributed by atoms with Crippen LogP contribution >= 0.6 is 0 Å². The summed E-state index contributed by atoms with van der Waals surface area (Å²) in [5.74, 6) is 0.375. The van der Waals surface area contributed by atoms with Gasteiger partial charge in [-0.3, -0.25) is 4.79 Å². The van der Waals surface area contributed by atoms with E-state index in [1.807, 2.05) is 11.0 Å². The van der Waals surface area contributed by atoms with Crippen molar-refractivity contribution in [1.29, 1.82) is 5.26 Å². The molecular formula is C11H14N4O. The van der Waals surface area contributed by atoms with Crippen molar-refractivity contribution in [2.45, 2.75) is 25.8 Å². The van der Waals surface area contributed by atoms with E-state index in [1.165, 1.54) is 6.42 Å². The highest BCUT2D eigenvalue weighted by atomic mass is 16.2. The van der Waals surface area contributed by atoms with Crippen LogP contribution in [0.5, 0.6) is 0 Å². The van der Waals surface area contributed by atoms with Gasteiger partial charge in [0.1, 0.15) is 12.6 Å². The number of hydrogen-bond acceptors (Lipinski definition) is 3. The Hall–Kier alpha value is -1.83. The Bertz CT molecular complexity index is 412. The third-order valence-electron chi connectivity index (χ3n) is 2.83. The average molecular weight is 218 g/mol. The molecule has 2 rings (SSSR count). The lowest BCUT2D eigenvalue weighted by Crippen LogP contribution is -2.37. The number of piperidine rings is 1. The number of rotatable bonds is 2. The number of hydrogen-bond donors (Lipinski definition) is 0. The van der Waals surface area contributed by atoms with Crippen molar-refractivity contribution in [3.8, 4) is 6.07 Å². The van der Waals surface area contributed by atoms with Crippen LogP contribution in [0.1, 0.15) is 25.1 Å². The molecule has 16 heavy (non-hydrogen) atoms. The summed E-state index contributed by atoms with van der Waals surface area (Å²) in [5, 5.41) is 8.77. The molecule has 0 unspecified atom stereocenters. The number of nitriles is 1. The van der Waals surface area contributed by atoms with E-state index < -0.39 is 0 Å². The second-order valence-corrected chi connectivity index (χ2v) is 3.93. The molecule has 84 valence electrons. The molecule has 1 amide bonds. The molecule has 1 fully saturated rings. The summed E-state index contributed by atoms with van der Waals surface area (Å²) in [4.78, 5) is 17.6. The van der Waals surface area contributed by atoms with Gasteiger partial charge in [-0.05, 0) is 19.3 Å². The number of amides is 1. The first kappa shape index (κ1) is 10.7. The lowest BCUT2D eigenvalue weighted by Gasteiger charge is -2.26. The molecule has 5 heteroatoms. The summed E-state index contributed by atoms with van der Waals surface area (Å²) in [6.45, 7) is 1.91. The third-order valence-corrected chi connectivity index (χ3v) is 2.83. The molecule has 0 aromatic carbocycles. The Morgan fingerprint density at radius 2 is 2.19 bits per heavy atom. The van der Waals surface area contributed by atoms with E-state index in [0.29, 0.717) is 5.82 Å². The summed E-state index contributed by atoms with van der Waals surface area (Å²) in [6, 6.07) is 1.96. The van der Waals surface area contributed by atoms with Gasteiger partial charge < -0.3 is 9.47 Å². The highest BCUT2D eigenvalue weighted by molar-refractivity contribution is 5.76. The normalized spacial score (nSPS) is 15.8. The van der Waals surface area contributed by atoms with Crippen LogP contribution in [0.4, 0.5) is 0 Å². The van der Waals surface area contributed by atoms with E-state index in [0.717, 1.165) is 25.9 Å². The molecule has 0 atom stereocenters. The third kappa shape index (κ3) is 2.22. The average Bonchev–Trinajstić information content (AvgIpc) is 2.77. The fourth-order valence-electron chi connectivity index (χ4n) is 1.94. The van der Waals surface area contributed by atoms with E-state index in [1.54, 1.807) is 17.0 Å². The molecule has 0 N–H and O–H groups in total. The van der Waals surface area contributed by atoms with Gasteiger partial charge in [0, 0.05) is 25.5 Å². The quantitative estimate of drug-likeness (QED) is 0.736. The predicted molar refractivity (Wildman–Crippen MR) is 57.4 cm³/mol. The minimum absolute atomic E-state index is 0.0780. The highest BCUT2D eigenvalue weighted by Gasteiger charge is 2.17. The molecular weight excluding hydrogens is 204 g/mol. The molecule has 5 nitrogen and oxygen atoms in total. The fourth-order valence-corrected chi connectivity index (χ4v) is 1.94. The summed E-state index contributed by atoms with van der Waals surface area (Å²) < 4.78 is 1.59. The van der Waals surface area contributed by atoms with Crippen LogP contribution in [0.3, 0.4) is 0 Å². The zero-order valence-corrected chi connectivity index (χ0v) is 9.09. The monoisotopic (exact) mass is 218 g/mol. The van der Waals surface area contributed by atoms with Gasteiger partial charge in [-0.15, -0.1) is 0 Å². The summed E-state index contributed by atoms with van der Waals surface area (Å²) >= 11 is 0. The number of carbonyl (C=O) groups is 1. The Morgan fingerprint density at radius 1 is 1.44 bits per heavy atom. The molecule has 1 aromatic rings. The van der Waals surface area contributed by atoms with Crippen molar-refractivity contribution in [2.24, 2.45) is 0 Å². The number of carbonyl (C=O) groups excluding carboxylic acids is 1. The maximum Gasteiger partial charge on any atom is 0.242 e. The maximum absolute atomic E-state index is 11.9. The van der Waals surface area contributed by atoms with Gasteiger partial charge in [0.2, 0.25) is 11.7 Å². The molecule has 0 spiro atoms. The maximum atomic E-state index is 11.9. The van der Waals surface area contributed by atoms with Gasteiger partial charge in [0.15, 0.2) is 0 Å². The minimum Gasteiger partial charge on any atom is -0.341 e. The summed E-state index contributed by atoms with van der Waals surface area (Å²) in [6.07, 6.45) is 6.59. The second-order valence-electron chi connectivity index (χ2n) is 3.93. The Labute approximate surface area is 94.3 Å². The van der Waals surface area contributed by atoms with Gasteiger partial charge >= 0.3 is 0 Å². The first-order valence-corrected chi connectivity index (χ1v) is 5.50. The topological polar surface area (TPSA) is 61.9 Å². The zero-order valence-electron chi connectivity index (χ0n) is 9.09. The van der Waals surface area contributed by atoms with Crippen molar-refractivity contribution >= 4 is 5.91 Å². The molecule has 0 saturated carbocycles. The Kier molecular flexibility index (Phi) is 3.20. The van der Waals surface area contributed by atoms with Crippen LogP contribution in [0.25, 0.3) is 0 Å². The van der Waals surface area contributed by atoms with Crippen LogP contribution in [0.15, 0.2) is 12.4 Å². The van der Waals surface area contributed by atoms with Crippen molar-refractivity contribution in [2.75, 3.05) is 13.1 Å². The first-order valence-electron chi connectivity index (χ1n) is 5.50. The van der Waals surface area contributed by atoms with Crippen molar-refractivity contribution in [3.05, 3.63) is 18.2 Å². The summed E-state index contributed by atoms with van der Waals surface area (Å²) in [5.41, 5.74) is 0. The van der Waals surface area contributed by atoms with Gasteiger partial charge in [0.05, 0.1) is 0 Å². The van der Waals surface area contributed by atoms with Crippen LogP contribution < -0.4 is 0 Å². The van der Waals surface area contributed by atoms with Gasteiger partial charge in [0.25, 0.3) is 0 Å². The van der Waals surface area contributed by atoms with E-state index in [9.17, 15) is 4.79 Å². The van der Waals surface area contributed by atoms with E-state index in [4.69, 9.17) is 5.26 Å². The van der Waals surface area contributed by atoms with Crippen LogP contribution in [0, 0.1) is 11.3 Å². The number of nitrogens with zero attached hydrogens (tertiary/aromatic N) is 4. The number of imidazole rings is 1.